The van der Waals surface area contributed by atoms with Crippen LogP contribution < -0.4 is 5.43 Å². The smallest absolute Gasteiger partial charge is 0.202 e. The minimum atomic E-state index is -0.134. The fourth-order valence-electron chi connectivity index (χ4n) is 1.80. The lowest BCUT2D eigenvalue weighted by Gasteiger charge is -2.03. The molecular weight excluding hydrogens is 250 g/mol. The Morgan fingerprint density at radius 2 is 2.22 bits per heavy atom. The van der Waals surface area contributed by atoms with Gasteiger partial charge in [0.25, 0.3) is 0 Å². The summed E-state index contributed by atoms with van der Waals surface area (Å²) >= 11 is 1.42. The normalized spacial score (nSPS) is 10.9. The number of hydrogen-bond acceptors (Lipinski definition) is 5. The highest BCUT2D eigenvalue weighted by Crippen LogP contribution is 2.25. The molecule has 0 saturated heterocycles. The highest BCUT2D eigenvalue weighted by atomic mass is 32.1. The van der Waals surface area contributed by atoms with Crippen molar-refractivity contribution in [1.82, 2.24) is 4.98 Å². The molecule has 0 radical (unpaired) electrons. The number of rotatable bonds is 1. The molecule has 0 atom stereocenters. The number of fused-ring (bicyclic) bond motifs is 1. The summed E-state index contributed by atoms with van der Waals surface area (Å²) in [5.74, 6) is 0.118. The van der Waals surface area contributed by atoms with Crippen LogP contribution in [-0.4, -0.2) is 10.1 Å². The minimum Gasteiger partial charge on any atom is -0.508 e. The highest BCUT2D eigenvalue weighted by Gasteiger charge is 2.12. The Hall–Kier alpha value is -2.14. The maximum Gasteiger partial charge on any atom is 0.202 e. The van der Waals surface area contributed by atoms with Crippen molar-refractivity contribution in [2.24, 2.45) is 0 Å². The molecular formula is C13H9NO3S. The second-order valence-electron chi connectivity index (χ2n) is 3.99. The zero-order valence-electron chi connectivity index (χ0n) is 9.51. The standard InChI is InChI=1S/C13H9NO3S/c1-7-2-8-12(3-11(7)15)17-4-9(13(8)16)10-5-18-6-14-10/h2-6,15H,1H3. The van der Waals surface area contributed by atoms with E-state index < -0.39 is 0 Å². The highest BCUT2D eigenvalue weighted by molar-refractivity contribution is 7.07. The van der Waals surface area contributed by atoms with E-state index in [1.807, 2.05) is 0 Å². The Kier molecular flexibility index (Phi) is 2.41. The number of aromatic nitrogens is 1. The Labute approximate surface area is 106 Å². The minimum absolute atomic E-state index is 0.118. The largest absolute Gasteiger partial charge is 0.508 e. The van der Waals surface area contributed by atoms with Gasteiger partial charge in [0.05, 0.1) is 22.2 Å². The number of aromatic hydroxyl groups is 1. The lowest BCUT2D eigenvalue weighted by Crippen LogP contribution is -2.05. The monoisotopic (exact) mass is 259 g/mol. The predicted molar refractivity (Wildman–Crippen MR) is 70.0 cm³/mol. The van der Waals surface area contributed by atoms with Crippen LogP contribution in [0.1, 0.15) is 5.56 Å². The van der Waals surface area contributed by atoms with Crippen LogP contribution in [0, 0.1) is 6.92 Å². The molecule has 3 rings (SSSR count). The van der Waals surface area contributed by atoms with Gasteiger partial charge >= 0.3 is 0 Å². The van der Waals surface area contributed by atoms with E-state index in [-0.39, 0.29) is 11.2 Å². The first-order chi connectivity index (χ1) is 8.66. The van der Waals surface area contributed by atoms with Gasteiger partial charge < -0.3 is 9.52 Å². The van der Waals surface area contributed by atoms with Gasteiger partial charge in [0.15, 0.2) is 0 Å². The van der Waals surface area contributed by atoms with Crippen molar-refractivity contribution in [1.29, 1.82) is 0 Å². The summed E-state index contributed by atoms with van der Waals surface area (Å²) in [6, 6.07) is 3.09. The maximum atomic E-state index is 12.3. The van der Waals surface area contributed by atoms with Crippen molar-refractivity contribution >= 4 is 22.3 Å². The van der Waals surface area contributed by atoms with E-state index in [0.717, 1.165) is 0 Å². The van der Waals surface area contributed by atoms with E-state index >= 15 is 0 Å². The first-order valence-electron chi connectivity index (χ1n) is 5.30. The van der Waals surface area contributed by atoms with Crippen LogP contribution in [0.25, 0.3) is 22.2 Å². The summed E-state index contributed by atoms with van der Waals surface area (Å²) in [6.07, 6.45) is 1.38. The van der Waals surface area contributed by atoms with E-state index in [4.69, 9.17) is 4.42 Å². The van der Waals surface area contributed by atoms with Gasteiger partial charge in [-0.2, -0.15) is 0 Å². The molecule has 90 valence electrons. The number of thiazole rings is 1. The van der Waals surface area contributed by atoms with Crippen molar-refractivity contribution < 1.29 is 9.52 Å². The number of nitrogens with zero attached hydrogens (tertiary/aromatic N) is 1. The molecule has 3 aromatic rings. The zero-order valence-corrected chi connectivity index (χ0v) is 10.3. The zero-order chi connectivity index (χ0) is 12.7. The third-order valence-corrected chi connectivity index (χ3v) is 3.39. The topological polar surface area (TPSA) is 63.3 Å². The van der Waals surface area contributed by atoms with Gasteiger partial charge in [-0.3, -0.25) is 4.79 Å². The van der Waals surface area contributed by atoms with E-state index in [1.165, 1.54) is 23.7 Å². The lowest BCUT2D eigenvalue weighted by atomic mass is 10.1. The number of aryl methyl sites for hydroxylation is 1. The van der Waals surface area contributed by atoms with Crippen molar-refractivity contribution in [3.05, 3.63) is 45.1 Å². The SMILES string of the molecule is Cc1cc2c(=O)c(-c3cscn3)coc2cc1O. The summed E-state index contributed by atoms with van der Waals surface area (Å²) in [4.78, 5) is 16.4. The Bertz CT molecular complexity index is 775. The van der Waals surface area contributed by atoms with Crippen LogP contribution in [0.3, 0.4) is 0 Å². The molecule has 5 heteroatoms. The van der Waals surface area contributed by atoms with Gasteiger partial charge in [-0.25, -0.2) is 4.98 Å². The van der Waals surface area contributed by atoms with E-state index in [1.54, 1.807) is 23.9 Å². The third kappa shape index (κ3) is 1.60. The molecule has 0 aliphatic rings. The first kappa shape index (κ1) is 11.0. The van der Waals surface area contributed by atoms with Crippen molar-refractivity contribution in [2.75, 3.05) is 0 Å². The third-order valence-electron chi connectivity index (χ3n) is 2.80. The number of phenolic OH excluding ortho intramolecular Hbond substituents is 1. The number of benzene rings is 1. The fraction of sp³-hybridized carbons (Fsp3) is 0.0769. The molecule has 4 nitrogen and oxygen atoms in total. The summed E-state index contributed by atoms with van der Waals surface area (Å²) < 4.78 is 5.39. The second kappa shape index (κ2) is 3.96. The van der Waals surface area contributed by atoms with Gasteiger partial charge in [0.2, 0.25) is 5.43 Å². The molecule has 0 bridgehead atoms. The van der Waals surface area contributed by atoms with E-state index in [2.05, 4.69) is 4.98 Å². The molecule has 0 aliphatic heterocycles. The average Bonchev–Trinajstić information content (AvgIpc) is 2.86. The van der Waals surface area contributed by atoms with Crippen LogP contribution in [0.2, 0.25) is 0 Å². The molecule has 0 saturated carbocycles. The van der Waals surface area contributed by atoms with Crippen LogP contribution in [0.5, 0.6) is 5.75 Å². The van der Waals surface area contributed by atoms with Crippen molar-refractivity contribution in [3.8, 4) is 17.0 Å². The molecule has 0 fully saturated rings. The molecule has 0 spiro atoms. The summed E-state index contributed by atoms with van der Waals surface area (Å²) in [7, 11) is 0. The lowest BCUT2D eigenvalue weighted by molar-refractivity contribution is 0.470. The second-order valence-corrected chi connectivity index (χ2v) is 4.71. The number of hydrogen-bond donors (Lipinski definition) is 1. The summed E-state index contributed by atoms with van der Waals surface area (Å²) in [5.41, 5.74) is 3.61. The summed E-state index contributed by atoms with van der Waals surface area (Å²) in [6.45, 7) is 1.74. The van der Waals surface area contributed by atoms with Crippen LogP contribution in [0.4, 0.5) is 0 Å². The Balaban J connectivity index is 2.36. The van der Waals surface area contributed by atoms with Crippen molar-refractivity contribution in [3.63, 3.8) is 0 Å². The Morgan fingerprint density at radius 3 is 2.94 bits per heavy atom. The molecule has 0 aliphatic carbocycles. The molecule has 18 heavy (non-hydrogen) atoms. The van der Waals surface area contributed by atoms with Crippen molar-refractivity contribution in [2.45, 2.75) is 6.92 Å². The van der Waals surface area contributed by atoms with Crippen LogP contribution in [-0.2, 0) is 0 Å². The van der Waals surface area contributed by atoms with Gasteiger partial charge in [-0.05, 0) is 18.6 Å². The number of phenols is 1. The summed E-state index contributed by atoms with van der Waals surface area (Å²) in [5, 5.41) is 11.8. The predicted octanol–water partition coefficient (Wildman–Crippen LogP) is 2.93. The first-order valence-corrected chi connectivity index (χ1v) is 6.25. The fourth-order valence-corrected chi connectivity index (χ4v) is 2.35. The van der Waals surface area contributed by atoms with Crippen LogP contribution >= 0.6 is 11.3 Å². The molecule has 1 N–H and O–H groups in total. The maximum absolute atomic E-state index is 12.3. The molecule has 0 unspecified atom stereocenters. The van der Waals surface area contributed by atoms with Gasteiger partial charge in [-0.15, -0.1) is 11.3 Å². The van der Waals surface area contributed by atoms with Gasteiger partial charge in [-0.1, -0.05) is 0 Å². The quantitative estimate of drug-likeness (QED) is 0.729. The van der Waals surface area contributed by atoms with E-state index in [0.29, 0.717) is 27.8 Å². The average molecular weight is 259 g/mol. The molecule has 0 amide bonds. The Morgan fingerprint density at radius 1 is 1.39 bits per heavy atom. The van der Waals surface area contributed by atoms with Gasteiger partial charge in [0.1, 0.15) is 17.6 Å². The van der Waals surface area contributed by atoms with Gasteiger partial charge in [0, 0.05) is 11.4 Å². The molecule has 2 aromatic heterocycles. The molecule has 2 heterocycles. The molecule has 1 aromatic carbocycles. The van der Waals surface area contributed by atoms with E-state index in [9.17, 15) is 9.90 Å². The van der Waals surface area contributed by atoms with Crippen LogP contribution in [0.15, 0.2) is 38.5 Å².